The molecule has 0 bridgehead atoms. The number of piperidine rings is 3. The summed E-state index contributed by atoms with van der Waals surface area (Å²) in [6.07, 6.45) is 13.3. The van der Waals surface area contributed by atoms with Gasteiger partial charge in [-0.1, -0.05) is 176 Å². The Hall–Kier alpha value is -5.21. The van der Waals surface area contributed by atoms with Crippen molar-refractivity contribution < 1.29 is 29.5 Å². The zero-order chi connectivity index (χ0) is 77.6. The molecule has 9 heterocycles. The van der Waals surface area contributed by atoms with E-state index in [0.717, 1.165) is 167 Å². The molecule has 0 aliphatic carbocycles. The zero-order valence-corrected chi connectivity index (χ0v) is 71.1. The Morgan fingerprint density at radius 1 is 0.369 bits per heavy atom. The van der Waals surface area contributed by atoms with E-state index in [2.05, 4.69) is 281 Å². The van der Waals surface area contributed by atoms with Crippen LogP contribution in [-0.2, 0) is 14.4 Å². The number of aromatic nitrogens is 3. The summed E-state index contributed by atoms with van der Waals surface area (Å²) < 4.78 is 2.92. The standard InChI is InChI=1S/3C28H40BBrN4O2.3CH4/c3*1-28(2,3)25-20-32(27(22-8-6-5-7-9-22)24-11-10-23(30)19-31-24)16-17-34(25)26(35)18-21-12-14-33(15-13-21)29(4)36;;;/h3*5-11,19,21,25,27,36H,12-18,20H2,1-4H3;3*1H4/t3*25-,27?;;;/m111.../s1. The van der Waals surface area contributed by atoms with Gasteiger partial charge in [-0.25, -0.2) is 0 Å². The van der Waals surface area contributed by atoms with Gasteiger partial charge < -0.3 is 44.2 Å². The highest BCUT2D eigenvalue weighted by atomic mass is 79.9. The molecule has 3 unspecified atom stereocenters. The van der Waals surface area contributed by atoms with Crippen LogP contribution in [0.15, 0.2) is 159 Å². The predicted octanol–water partition coefficient (Wildman–Crippen LogP) is 16.0. The first-order valence-electron chi connectivity index (χ1n) is 39.8. The minimum Gasteiger partial charge on any atom is -0.437 e. The van der Waals surface area contributed by atoms with E-state index in [-0.39, 0.29) is 92.5 Å². The minimum absolute atomic E-state index is 0. The third-order valence-corrected chi connectivity index (χ3v) is 25.1. The summed E-state index contributed by atoms with van der Waals surface area (Å²) in [4.78, 5) is 75.5. The lowest BCUT2D eigenvalue weighted by Crippen LogP contribution is -2.60. The van der Waals surface area contributed by atoms with Crippen molar-refractivity contribution in [2.75, 3.05) is 98.2 Å². The molecule has 6 atom stereocenters. The average molecular weight is 1710 g/mol. The van der Waals surface area contributed by atoms with Gasteiger partial charge in [-0.3, -0.25) is 44.0 Å². The normalized spacial score (nSPS) is 20.8. The second-order valence-electron chi connectivity index (χ2n) is 34.5. The second-order valence-corrected chi connectivity index (χ2v) is 37.2. The smallest absolute Gasteiger partial charge is 0.376 e. The van der Waals surface area contributed by atoms with Crippen LogP contribution in [0.2, 0.25) is 20.5 Å². The number of nitrogens with zero attached hydrogens (tertiary/aromatic N) is 12. The van der Waals surface area contributed by atoms with E-state index >= 15 is 0 Å². The maximum absolute atomic E-state index is 13.6. The summed E-state index contributed by atoms with van der Waals surface area (Å²) >= 11 is 10.6. The molecule has 0 saturated carbocycles. The van der Waals surface area contributed by atoms with Gasteiger partial charge in [0.25, 0.3) is 0 Å². The van der Waals surface area contributed by atoms with Gasteiger partial charge in [0.15, 0.2) is 0 Å². The van der Waals surface area contributed by atoms with Crippen molar-refractivity contribution in [3.05, 3.63) is 193 Å². The molecule has 24 heteroatoms. The molecule has 606 valence electrons. The number of benzene rings is 3. The van der Waals surface area contributed by atoms with E-state index in [1.165, 1.54) is 16.7 Å². The summed E-state index contributed by atoms with van der Waals surface area (Å²) in [6, 6.07) is 44.7. The molecular weight excluding hydrogens is 1580 g/mol. The third-order valence-electron chi connectivity index (χ3n) is 23.7. The van der Waals surface area contributed by atoms with Gasteiger partial charge in [-0.15, -0.1) is 0 Å². The lowest BCUT2D eigenvalue weighted by molar-refractivity contribution is -0.142. The molecule has 3 N–H and O–H groups in total. The molecule has 111 heavy (non-hydrogen) atoms. The van der Waals surface area contributed by atoms with E-state index in [1.807, 2.05) is 39.1 Å². The topological polar surface area (TPSA) is 180 Å². The average Bonchev–Trinajstić information content (AvgIpc) is 0.788. The largest absolute Gasteiger partial charge is 0.437 e. The van der Waals surface area contributed by atoms with Crippen LogP contribution >= 0.6 is 47.8 Å². The fraction of sp³-hybridized carbons (Fsp3) is 0.586. The molecule has 6 aliphatic rings. The van der Waals surface area contributed by atoms with Gasteiger partial charge in [0.1, 0.15) is 0 Å². The van der Waals surface area contributed by atoms with E-state index in [4.69, 9.17) is 15.0 Å². The van der Waals surface area contributed by atoms with Gasteiger partial charge in [-0.2, -0.15) is 0 Å². The monoisotopic (exact) mass is 1710 g/mol. The minimum atomic E-state index is -0.405. The number of hydrogen-bond acceptors (Lipinski definition) is 15. The Morgan fingerprint density at radius 2 is 0.595 bits per heavy atom. The Bertz CT molecular complexity index is 3360. The summed E-state index contributed by atoms with van der Waals surface area (Å²) in [5.74, 6) is 2.04. The highest BCUT2D eigenvalue weighted by Crippen LogP contribution is 2.41. The van der Waals surface area contributed by atoms with Crippen LogP contribution in [0.1, 0.15) is 194 Å². The van der Waals surface area contributed by atoms with Gasteiger partial charge in [-0.05, 0) is 233 Å². The summed E-state index contributed by atoms with van der Waals surface area (Å²) in [7, 11) is -1.21. The number of pyridine rings is 3. The van der Waals surface area contributed by atoms with Crippen molar-refractivity contribution in [2.45, 2.75) is 199 Å². The molecule has 0 radical (unpaired) electrons. The van der Waals surface area contributed by atoms with Gasteiger partial charge in [0.2, 0.25) is 17.7 Å². The number of halogens is 3. The molecule has 6 aromatic rings. The molecule has 6 saturated heterocycles. The predicted molar refractivity (Wildman–Crippen MR) is 469 cm³/mol. The SMILES string of the molecule is C.C.C.CB(O)N1CCC(CC(=O)N2CCN(C(c3ccccc3)c3ccc(Br)cn3)C[C@@H]2C(C)(C)C)CC1.CB(O)N1CCC(CC(=O)N2CCN(C(c3ccccc3)c3ccc(Br)cn3)C[C@@H]2C(C)(C)C)CC1.CB(O)N1CCC(CC(=O)N2CCN(C(c3ccccc3)c3ccc(Br)cn3)C[C@@H]2C(C)(C)C)CC1. The number of carbonyl (C=O) groups is 3. The molecule has 12 rings (SSSR count). The van der Waals surface area contributed by atoms with Crippen LogP contribution in [0.25, 0.3) is 0 Å². The van der Waals surface area contributed by atoms with Gasteiger partial charge >= 0.3 is 21.2 Å². The van der Waals surface area contributed by atoms with E-state index < -0.39 is 21.2 Å². The molecular formula is C87H132B3Br3N12O6. The summed E-state index contributed by atoms with van der Waals surface area (Å²) in [6.45, 7) is 38.0. The van der Waals surface area contributed by atoms with Crippen molar-refractivity contribution in [3.8, 4) is 0 Å². The Kier molecular flexibility index (Phi) is 35.7. The summed E-state index contributed by atoms with van der Waals surface area (Å²) in [5, 5.41) is 29.6. The van der Waals surface area contributed by atoms with E-state index in [0.29, 0.717) is 37.0 Å². The Labute approximate surface area is 694 Å². The highest BCUT2D eigenvalue weighted by molar-refractivity contribution is 9.11. The van der Waals surface area contributed by atoms with Gasteiger partial charge in [0.05, 0.1) is 35.2 Å². The molecule has 3 amide bonds. The number of hydrogen-bond donors (Lipinski definition) is 3. The maximum Gasteiger partial charge on any atom is 0.376 e. The maximum atomic E-state index is 13.6. The first-order valence-corrected chi connectivity index (χ1v) is 42.1. The second kappa shape index (κ2) is 42.6. The number of carbonyl (C=O) groups excluding carboxylic acids is 3. The van der Waals surface area contributed by atoms with Crippen LogP contribution in [-0.4, -0.2) is 229 Å². The number of rotatable bonds is 18. The molecule has 0 spiro atoms. The zero-order valence-electron chi connectivity index (χ0n) is 66.3. The van der Waals surface area contributed by atoms with Crippen LogP contribution < -0.4 is 0 Å². The Morgan fingerprint density at radius 3 is 0.784 bits per heavy atom. The fourth-order valence-electron chi connectivity index (χ4n) is 17.2. The third kappa shape index (κ3) is 25.6. The van der Waals surface area contributed by atoms with Gasteiger partial charge in [0, 0.05) is 128 Å². The van der Waals surface area contributed by atoms with Crippen molar-refractivity contribution in [3.63, 3.8) is 0 Å². The van der Waals surface area contributed by atoms with Crippen LogP contribution in [0.4, 0.5) is 0 Å². The first kappa shape index (κ1) is 93.0. The molecule has 3 aromatic carbocycles. The molecule has 6 fully saturated rings. The first-order chi connectivity index (χ1) is 51.4. The molecule has 18 nitrogen and oxygen atoms in total. The number of piperazine rings is 3. The summed E-state index contributed by atoms with van der Waals surface area (Å²) in [5.41, 5.74) is 6.64. The number of amides is 3. The van der Waals surface area contributed by atoms with Crippen molar-refractivity contribution in [1.29, 1.82) is 0 Å². The van der Waals surface area contributed by atoms with E-state index in [9.17, 15) is 29.5 Å². The highest BCUT2D eigenvalue weighted by Gasteiger charge is 2.45. The molecule has 6 aliphatic heterocycles. The quantitative estimate of drug-likeness (QED) is 0.0691. The van der Waals surface area contributed by atoms with Crippen molar-refractivity contribution in [1.82, 2.24) is 58.8 Å². The van der Waals surface area contributed by atoms with Crippen molar-refractivity contribution >= 4 is 86.7 Å². The Balaban J connectivity index is 0.000000228. The van der Waals surface area contributed by atoms with Crippen molar-refractivity contribution in [2.24, 2.45) is 34.0 Å². The lowest BCUT2D eigenvalue weighted by atomic mass is 9.80. The lowest BCUT2D eigenvalue weighted by Gasteiger charge is -2.49. The van der Waals surface area contributed by atoms with Crippen LogP contribution in [0.5, 0.6) is 0 Å². The fourth-order valence-corrected chi connectivity index (χ4v) is 17.9. The van der Waals surface area contributed by atoms with E-state index in [1.54, 1.807) is 0 Å². The molecule has 3 aromatic heterocycles. The van der Waals surface area contributed by atoms with Crippen LogP contribution in [0, 0.1) is 34.0 Å². The van der Waals surface area contributed by atoms with Crippen LogP contribution in [0.3, 0.4) is 0 Å².